The highest BCUT2D eigenvalue weighted by Gasteiger charge is 1.94. The Morgan fingerprint density at radius 2 is 2.17 bits per heavy atom. The van der Waals surface area contributed by atoms with Crippen LogP contribution in [-0.2, 0) is 0 Å². The predicted octanol–water partition coefficient (Wildman–Crippen LogP) is 3.36. The molecule has 0 unspecified atom stereocenters. The van der Waals surface area contributed by atoms with Crippen LogP contribution in [0.15, 0.2) is 29.8 Å². The van der Waals surface area contributed by atoms with E-state index in [1.54, 1.807) is 6.21 Å². The van der Waals surface area contributed by atoms with Crippen molar-refractivity contribution in [1.29, 1.82) is 0 Å². The van der Waals surface area contributed by atoms with E-state index in [2.05, 4.69) is 24.6 Å². The van der Waals surface area contributed by atoms with Gasteiger partial charge in [-0.3, -0.25) is 4.99 Å². The molecule has 0 bridgehead atoms. The molecule has 1 aromatic rings. The van der Waals surface area contributed by atoms with Gasteiger partial charge in [0.05, 0.1) is 5.69 Å². The third kappa shape index (κ3) is 1.82. The Hall–Kier alpha value is -1.37. The van der Waals surface area contributed by atoms with E-state index in [9.17, 15) is 0 Å². The zero-order valence-electron chi connectivity index (χ0n) is 7.54. The summed E-state index contributed by atoms with van der Waals surface area (Å²) in [5, 5.41) is 0. The van der Waals surface area contributed by atoms with Crippen LogP contribution in [0.3, 0.4) is 0 Å². The highest BCUT2D eigenvalue weighted by atomic mass is 14.7. The number of nitrogens with zero attached hydrogens (tertiary/aromatic N) is 1. The molecule has 0 aromatic heterocycles. The molecule has 1 rings (SSSR count). The first-order valence-electron chi connectivity index (χ1n) is 3.99. The van der Waals surface area contributed by atoms with Crippen LogP contribution in [0.4, 0.5) is 5.69 Å². The molecule has 0 saturated carbocycles. The molecular weight excluding hydrogens is 146 g/mol. The lowest BCUT2D eigenvalue weighted by Gasteiger charge is -2.00. The highest BCUT2D eigenvalue weighted by molar-refractivity contribution is 5.65. The Balaban J connectivity index is 3.16. The van der Waals surface area contributed by atoms with Gasteiger partial charge in [-0.2, -0.15) is 0 Å². The van der Waals surface area contributed by atoms with Crippen molar-refractivity contribution < 1.29 is 0 Å². The molecule has 1 aromatic carbocycles. The summed E-state index contributed by atoms with van der Waals surface area (Å²) < 4.78 is 0. The normalized spacial score (nSPS) is 10.5. The average molecular weight is 159 g/mol. The lowest BCUT2D eigenvalue weighted by Crippen LogP contribution is -1.76. The number of hydrogen-bond acceptors (Lipinski definition) is 1. The van der Waals surface area contributed by atoms with Crippen molar-refractivity contribution in [2.24, 2.45) is 4.99 Å². The third-order valence-electron chi connectivity index (χ3n) is 1.74. The van der Waals surface area contributed by atoms with Gasteiger partial charge in [0.15, 0.2) is 0 Å². The monoisotopic (exact) mass is 159 g/mol. The molecule has 0 radical (unpaired) electrons. The summed E-state index contributed by atoms with van der Waals surface area (Å²) in [5.74, 6) is 0. The standard InChI is InChI=1S/C11H13N/c1-4-10-7-6-9(3)11(8-10)12-5-2/h4-8H,1H2,2-3H3. The molecular formula is C11H13N. The minimum Gasteiger partial charge on any atom is -0.261 e. The van der Waals surface area contributed by atoms with Gasteiger partial charge in [-0.25, -0.2) is 0 Å². The predicted molar refractivity (Wildman–Crippen MR) is 55.1 cm³/mol. The van der Waals surface area contributed by atoms with E-state index in [0.29, 0.717) is 0 Å². The number of benzene rings is 1. The quantitative estimate of drug-likeness (QED) is 0.587. The fourth-order valence-electron chi connectivity index (χ4n) is 1.03. The van der Waals surface area contributed by atoms with E-state index in [-0.39, 0.29) is 0 Å². The first-order chi connectivity index (χ1) is 5.77. The number of aliphatic imine (C=N–C) groups is 1. The van der Waals surface area contributed by atoms with E-state index < -0.39 is 0 Å². The second-order valence-electron chi connectivity index (χ2n) is 2.64. The first kappa shape index (κ1) is 8.72. The minimum atomic E-state index is 1.02. The third-order valence-corrected chi connectivity index (χ3v) is 1.74. The SMILES string of the molecule is C=Cc1ccc(C)c(N=CC)c1. The smallest absolute Gasteiger partial charge is 0.0660 e. The maximum Gasteiger partial charge on any atom is 0.0660 e. The summed E-state index contributed by atoms with van der Waals surface area (Å²) in [6.45, 7) is 7.68. The van der Waals surface area contributed by atoms with Gasteiger partial charge in [0.25, 0.3) is 0 Å². The first-order valence-corrected chi connectivity index (χ1v) is 3.99. The molecule has 0 N–H and O–H groups in total. The fraction of sp³-hybridized carbons (Fsp3) is 0.182. The van der Waals surface area contributed by atoms with Crippen molar-refractivity contribution in [3.8, 4) is 0 Å². The van der Waals surface area contributed by atoms with Crippen molar-refractivity contribution in [1.82, 2.24) is 0 Å². The Kier molecular flexibility index (Phi) is 2.81. The molecule has 0 saturated heterocycles. The molecule has 1 nitrogen and oxygen atoms in total. The van der Waals surface area contributed by atoms with Crippen LogP contribution in [0.25, 0.3) is 6.08 Å². The van der Waals surface area contributed by atoms with Crippen molar-refractivity contribution in [3.63, 3.8) is 0 Å². The van der Waals surface area contributed by atoms with Crippen molar-refractivity contribution in [2.45, 2.75) is 13.8 Å². The summed E-state index contributed by atoms with van der Waals surface area (Å²) in [6, 6.07) is 6.12. The van der Waals surface area contributed by atoms with E-state index in [0.717, 1.165) is 11.3 Å². The highest BCUT2D eigenvalue weighted by Crippen LogP contribution is 2.19. The van der Waals surface area contributed by atoms with E-state index >= 15 is 0 Å². The molecule has 0 aliphatic rings. The van der Waals surface area contributed by atoms with Gasteiger partial charge in [0.1, 0.15) is 0 Å². The van der Waals surface area contributed by atoms with Crippen molar-refractivity contribution in [2.75, 3.05) is 0 Å². The number of aryl methyl sites for hydroxylation is 1. The zero-order chi connectivity index (χ0) is 8.97. The van der Waals surface area contributed by atoms with Gasteiger partial charge in [0, 0.05) is 6.21 Å². The van der Waals surface area contributed by atoms with Crippen LogP contribution in [0.1, 0.15) is 18.1 Å². The Morgan fingerprint density at radius 1 is 1.42 bits per heavy atom. The molecule has 1 heteroatoms. The molecule has 0 fully saturated rings. The summed E-state index contributed by atoms with van der Waals surface area (Å²) in [6.07, 6.45) is 3.63. The Labute approximate surface area is 73.5 Å². The largest absolute Gasteiger partial charge is 0.261 e. The van der Waals surface area contributed by atoms with E-state index in [4.69, 9.17) is 0 Å². The molecule has 0 aliphatic heterocycles. The van der Waals surface area contributed by atoms with Crippen LogP contribution in [-0.4, -0.2) is 6.21 Å². The van der Waals surface area contributed by atoms with Crippen LogP contribution in [0.2, 0.25) is 0 Å². The molecule has 0 heterocycles. The van der Waals surface area contributed by atoms with E-state index in [1.165, 1.54) is 5.56 Å². The molecule has 0 aliphatic carbocycles. The molecule has 0 amide bonds. The lowest BCUT2D eigenvalue weighted by molar-refractivity contribution is 1.39. The Bertz CT molecular complexity index is 311. The summed E-state index contributed by atoms with van der Waals surface area (Å²) in [4.78, 5) is 4.24. The number of hydrogen-bond donors (Lipinski definition) is 0. The van der Waals surface area contributed by atoms with Crippen LogP contribution < -0.4 is 0 Å². The molecule has 0 spiro atoms. The van der Waals surface area contributed by atoms with Gasteiger partial charge >= 0.3 is 0 Å². The average Bonchev–Trinajstić information content (AvgIpc) is 2.09. The van der Waals surface area contributed by atoms with Gasteiger partial charge in [-0.05, 0) is 31.0 Å². The molecule has 0 atom stereocenters. The maximum absolute atomic E-state index is 4.24. The second kappa shape index (κ2) is 3.86. The molecule has 62 valence electrons. The van der Waals surface area contributed by atoms with Gasteiger partial charge in [-0.15, -0.1) is 0 Å². The minimum absolute atomic E-state index is 1.02. The van der Waals surface area contributed by atoms with Crippen molar-refractivity contribution in [3.05, 3.63) is 35.9 Å². The lowest BCUT2D eigenvalue weighted by atomic mass is 10.1. The Morgan fingerprint density at radius 3 is 2.75 bits per heavy atom. The summed E-state index contributed by atoms with van der Waals surface area (Å²) in [5.41, 5.74) is 3.33. The topological polar surface area (TPSA) is 12.4 Å². The van der Waals surface area contributed by atoms with Crippen molar-refractivity contribution >= 4 is 18.0 Å². The van der Waals surface area contributed by atoms with Gasteiger partial charge < -0.3 is 0 Å². The van der Waals surface area contributed by atoms with Crippen LogP contribution in [0.5, 0.6) is 0 Å². The van der Waals surface area contributed by atoms with Crippen LogP contribution in [0, 0.1) is 6.92 Å². The number of rotatable bonds is 2. The van der Waals surface area contributed by atoms with E-state index in [1.807, 2.05) is 25.1 Å². The summed E-state index contributed by atoms with van der Waals surface area (Å²) >= 11 is 0. The molecule has 12 heavy (non-hydrogen) atoms. The summed E-state index contributed by atoms with van der Waals surface area (Å²) in [7, 11) is 0. The van der Waals surface area contributed by atoms with Crippen LogP contribution >= 0.6 is 0 Å². The van der Waals surface area contributed by atoms with Gasteiger partial charge in [0.2, 0.25) is 0 Å². The second-order valence-corrected chi connectivity index (χ2v) is 2.64. The fourth-order valence-corrected chi connectivity index (χ4v) is 1.03. The van der Waals surface area contributed by atoms with Gasteiger partial charge in [-0.1, -0.05) is 24.8 Å². The zero-order valence-corrected chi connectivity index (χ0v) is 7.54. The maximum atomic E-state index is 4.24.